The number of hydrogen-bond acceptors (Lipinski definition) is 3. The number of benzene rings is 2. The van der Waals surface area contributed by atoms with Gasteiger partial charge in [-0.3, -0.25) is 0 Å². The van der Waals surface area contributed by atoms with Crippen molar-refractivity contribution in [1.82, 2.24) is 4.98 Å². The van der Waals surface area contributed by atoms with Crippen molar-refractivity contribution < 1.29 is 8.84 Å². The Morgan fingerprint density at radius 2 is 1.52 bits per heavy atom. The molecule has 142 valence electrons. The molecule has 3 rings (SSSR count). The molecule has 0 fully saturated rings. The van der Waals surface area contributed by atoms with Crippen molar-refractivity contribution in [1.29, 1.82) is 0 Å². The first kappa shape index (κ1) is 19.8. The average molecular weight is 398 g/mol. The van der Waals surface area contributed by atoms with Crippen LogP contribution in [0.15, 0.2) is 71.3 Å². The van der Waals surface area contributed by atoms with Crippen LogP contribution in [0.5, 0.6) is 0 Å². The van der Waals surface area contributed by atoms with Gasteiger partial charge in [0, 0.05) is 6.61 Å². The van der Waals surface area contributed by atoms with Crippen LogP contribution in [0.3, 0.4) is 0 Å². The number of nitrogens with one attached hydrogen (secondary N) is 1. The van der Waals surface area contributed by atoms with Gasteiger partial charge in [0.2, 0.25) is 0 Å². The van der Waals surface area contributed by atoms with Crippen LogP contribution >= 0.6 is 12.2 Å². The van der Waals surface area contributed by atoms with E-state index in [0.29, 0.717) is 11.4 Å². The van der Waals surface area contributed by atoms with Gasteiger partial charge < -0.3 is 13.8 Å². The summed E-state index contributed by atoms with van der Waals surface area (Å²) in [6, 6.07) is 21.5. The van der Waals surface area contributed by atoms with Gasteiger partial charge in [0.1, 0.15) is 6.26 Å². The highest BCUT2D eigenvalue weighted by Gasteiger charge is 2.49. The molecule has 1 heterocycles. The van der Waals surface area contributed by atoms with E-state index in [1.165, 1.54) is 10.4 Å². The lowest BCUT2D eigenvalue weighted by atomic mass is 10.2. The van der Waals surface area contributed by atoms with Gasteiger partial charge in [0.25, 0.3) is 13.2 Å². The third-order valence-electron chi connectivity index (χ3n) is 4.90. The predicted octanol–water partition coefficient (Wildman–Crippen LogP) is 4.85. The van der Waals surface area contributed by atoms with Crippen LogP contribution in [-0.2, 0) is 10.8 Å². The van der Waals surface area contributed by atoms with E-state index in [1.807, 2.05) is 0 Å². The van der Waals surface area contributed by atoms with Crippen molar-refractivity contribution >= 4 is 30.9 Å². The number of aryl methyl sites for hydroxylation is 1. The van der Waals surface area contributed by atoms with E-state index in [-0.39, 0.29) is 5.04 Å². The minimum absolute atomic E-state index is 0.00522. The minimum atomic E-state index is -2.44. The van der Waals surface area contributed by atoms with E-state index >= 15 is 0 Å². The summed E-state index contributed by atoms with van der Waals surface area (Å²) in [5.74, 6) is 0. The fraction of sp³-hybridized carbons (Fsp3) is 0.318. The molecule has 1 aromatic heterocycles. The zero-order valence-corrected chi connectivity index (χ0v) is 18.0. The van der Waals surface area contributed by atoms with Crippen molar-refractivity contribution in [2.45, 2.75) is 38.7 Å². The van der Waals surface area contributed by atoms with E-state index in [2.05, 4.69) is 86.4 Å². The first-order valence-electron chi connectivity index (χ1n) is 9.35. The molecule has 0 saturated heterocycles. The molecule has 0 aliphatic rings. The largest absolute Gasteiger partial charge is 0.438 e. The van der Waals surface area contributed by atoms with Crippen LogP contribution in [-0.4, -0.2) is 19.9 Å². The molecule has 27 heavy (non-hydrogen) atoms. The highest BCUT2D eigenvalue weighted by atomic mass is 32.1. The molecule has 3 aromatic rings. The third-order valence-corrected chi connectivity index (χ3v) is 10.1. The van der Waals surface area contributed by atoms with Crippen molar-refractivity contribution in [2.24, 2.45) is 0 Å². The lowest BCUT2D eigenvalue weighted by molar-refractivity contribution is 0.291. The summed E-state index contributed by atoms with van der Waals surface area (Å²) < 4.78 is 12.0. The molecule has 1 N–H and O–H groups in total. The summed E-state index contributed by atoms with van der Waals surface area (Å²) in [4.78, 5) is 3.50. The molecule has 0 radical (unpaired) electrons. The number of rotatable bonds is 7. The molecule has 0 aliphatic heterocycles. The van der Waals surface area contributed by atoms with E-state index in [9.17, 15) is 0 Å². The monoisotopic (exact) mass is 397 g/mol. The second kappa shape index (κ2) is 8.38. The van der Waals surface area contributed by atoms with Gasteiger partial charge in [-0.2, -0.15) is 0 Å². The van der Waals surface area contributed by atoms with Crippen LogP contribution < -0.4 is 10.4 Å². The molecule has 2 aromatic carbocycles. The number of H-pyrrole nitrogens is 1. The van der Waals surface area contributed by atoms with Gasteiger partial charge in [-0.1, -0.05) is 81.4 Å². The topological polar surface area (TPSA) is 38.2 Å². The standard InChI is InChI=1S/C22H27NO2SSi/c1-22(2,3)27(19-12-6-4-7-13-19,20-14-8-5-9-15-20)25-16-10-11-18-17-24-21(26)23-18/h4-9,12-15,17H,10-11,16H2,1-3H3,(H,23,26). The summed E-state index contributed by atoms with van der Waals surface area (Å²) in [5, 5.41) is 2.63. The lowest BCUT2D eigenvalue weighted by Crippen LogP contribution is -2.66. The summed E-state index contributed by atoms with van der Waals surface area (Å²) in [6.07, 6.45) is 3.47. The Labute approximate surface area is 167 Å². The van der Waals surface area contributed by atoms with Gasteiger partial charge in [0.15, 0.2) is 0 Å². The van der Waals surface area contributed by atoms with Gasteiger partial charge in [-0.25, -0.2) is 0 Å². The minimum Gasteiger partial charge on any atom is -0.438 e. The molecule has 0 atom stereocenters. The van der Waals surface area contributed by atoms with Crippen LogP contribution in [0.2, 0.25) is 5.04 Å². The highest BCUT2D eigenvalue weighted by Crippen LogP contribution is 2.36. The number of aromatic amines is 1. The Kier molecular flexibility index (Phi) is 6.14. The molecule has 5 heteroatoms. The number of hydrogen-bond donors (Lipinski definition) is 1. The molecular formula is C22H27NO2SSi. The van der Waals surface area contributed by atoms with Gasteiger partial charge in [-0.15, -0.1) is 0 Å². The van der Waals surface area contributed by atoms with Crippen molar-refractivity contribution in [3.8, 4) is 0 Å². The van der Waals surface area contributed by atoms with Crippen molar-refractivity contribution in [2.75, 3.05) is 6.61 Å². The maximum Gasteiger partial charge on any atom is 0.266 e. The quantitative estimate of drug-likeness (QED) is 0.352. The van der Waals surface area contributed by atoms with E-state index in [1.54, 1.807) is 6.26 Å². The second-order valence-corrected chi connectivity index (χ2v) is 12.5. The zero-order valence-electron chi connectivity index (χ0n) is 16.2. The Hall–Kier alpha value is -1.95. The molecule has 0 saturated carbocycles. The SMILES string of the molecule is CC(C)(C)[Si](OCCCc1coc(=S)[nH]1)(c1ccccc1)c1ccccc1. The molecule has 0 spiro atoms. The van der Waals surface area contributed by atoms with E-state index in [0.717, 1.165) is 18.5 Å². The van der Waals surface area contributed by atoms with Crippen molar-refractivity contribution in [3.63, 3.8) is 0 Å². The lowest BCUT2D eigenvalue weighted by Gasteiger charge is -2.43. The number of oxazole rings is 1. The Morgan fingerprint density at radius 3 is 1.96 bits per heavy atom. The summed E-state index contributed by atoms with van der Waals surface area (Å²) in [7, 11) is -2.44. The molecule has 0 bridgehead atoms. The van der Waals surface area contributed by atoms with Crippen molar-refractivity contribution in [3.05, 3.63) is 77.5 Å². The first-order chi connectivity index (χ1) is 12.9. The zero-order chi connectivity index (χ0) is 19.3. The van der Waals surface area contributed by atoms with Gasteiger partial charge in [0.05, 0.1) is 5.69 Å². The first-order valence-corrected chi connectivity index (χ1v) is 11.7. The molecule has 0 aliphatic carbocycles. The fourth-order valence-electron chi connectivity index (χ4n) is 3.69. The fourth-order valence-corrected chi connectivity index (χ4v) is 8.47. The molecule has 0 unspecified atom stereocenters. The van der Waals surface area contributed by atoms with Crippen LogP contribution in [0.1, 0.15) is 32.9 Å². The van der Waals surface area contributed by atoms with E-state index < -0.39 is 8.32 Å². The Balaban J connectivity index is 1.90. The van der Waals surface area contributed by atoms with Gasteiger partial charge in [-0.05, 0) is 40.5 Å². The summed E-state index contributed by atoms with van der Waals surface area (Å²) in [5.41, 5.74) is 1.02. The highest BCUT2D eigenvalue weighted by molar-refractivity contribution is 7.71. The predicted molar refractivity (Wildman–Crippen MR) is 116 cm³/mol. The molecule has 3 nitrogen and oxygen atoms in total. The maximum absolute atomic E-state index is 6.86. The Morgan fingerprint density at radius 1 is 0.963 bits per heavy atom. The summed E-state index contributed by atoms with van der Waals surface area (Å²) in [6.45, 7) is 7.59. The van der Waals surface area contributed by atoms with E-state index in [4.69, 9.17) is 21.1 Å². The third kappa shape index (κ3) is 4.31. The van der Waals surface area contributed by atoms with Gasteiger partial charge >= 0.3 is 0 Å². The normalized spacial score (nSPS) is 12.3. The van der Waals surface area contributed by atoms with Crippen LogP contribution in [0, 0.1) is 4.84 Å². The smallest absolute Gasteiger partial charge is 0.266 e. The second-order valence-electron chi connectivity index (χ2n) is 7.79. The molecule has 0 amide bonds. The molecular weight excluding hydrogens is 370 g/mol. The van der Waals surface area contributed by atoms with Crippen LogP contribution in [0.4, 0.5) is 0 Å². The number of aromatic nitrogens is 1. The Bertz CT molecular complexity index is 858. The average Bonchev–Trinajstić information content (AvgIpc) is 3.07. The van der Waals surface area contributed by atoms with Crippen LogP contribution in [0.25, 0.3) is 0 Å². The summed E-state index contributed by atoms with van der Waals surface area (Å²) >= 11 is 5.00. The maximum atomic E-state index is 6.86.